The van der Waals surface area contributed by atoms with Crippen LogP contribution in [0.15, 0.2) is 78.9 Å². The third-order valence-corrected chi connectivity index (χ3v) is 7.67. The number of nitrogens with zero attached hydrogens (tertiary/aromatic N) is 1. The molecular formula is C33H37ClN2O5. The van der Waals surface area contributed by atoms with E-state index in [1.807, 2.05) is 83.8 Å². The van der Waals surface area contributed by atoms with E-state index < -0.39 is 12.0 Å². The van der Waals surface area contributed by atoms with Crippen LogP contribution in [0.3, 0.4) is 0 Å². The number of carbonyl (C=O) groups excluding carboxylic acids is 3. The summed E-state index contributed by atoms with van der Waals surface area (Å²) in [7, 11) is 1.32. The minimum Gasteiger partial charge on any atom is -0.489 e. The maximum Gasteiger partial charge on any atom is 0.328 e. The lowest BCUT2D eigenvalue weighted by Gasteiger charge is -2.32. The van der Waals surface area contributed by atoms with E-state index in [1.54, 1.807) is 0 Å². The number of nitrogens with one attached hydrogen (secondary N) is 1. The highest BCUT2D eigenvalue weighted by atomic mass is 35.5. The minimum absolute atomic E-state index is 0.130. The molecule has 0 radical (unpaired) electrons. The van der Waals surface area contributed by atoms with Gasteiger partial charge >= 0.3 is 5.97 Å². The third-order valence-electron chi connectivity index (χ3n) is 7.41. The molecule has 41 heavy (non-hydrogen) atoms. The fraction of sp³-hybridized carbons (Fsp3) is 0.364. The topological polar surface area (TPSA) is 84.9 Å². The molecule has 0 spiro atoms. The number of halogens is 1. The molecule has 1 aliphatic heterocycles. The van der Waals surface area contributed by atoms with E-state index in [2.05, 4.69) is 5.32 Å². The maximum atomic E-state index is 12.9. The predicted octanol–water partition coefficient (Wildman–Crippen LogP) is 5.38. The zero-order valence-corrected chi connectivity index (χ0v) is 24.1. The van der Waals surface area contributed by atoms with Crippen molar-refractivity contribution in [3.63, 3.8) is 0 Å². The lowest BCUT2D eigenvalue weighted by molar-refractivity contribution is -0.145. The summed E-state index contributed by atoms with van der Waals surface area (Å²) in [5.41, 5.74) is 3.05. The number of ether oxygens (including phenoxy) is 2. The lowest BCUT2D eigenvalue weighted by Crippen LogP contribution is -2.44. The number of methoxy groups -OCH3 is 1. The Hall–Kier alpha value is -3.84. The van der Waals surface area contributed by atoms with Crippen LogP contribution in [-0.2, 0) is 38.6 Å². The Morgan fingerprint density at radius 2 is 1.56 bits per heavy atom. The van der Waals surface area contributed by atoms with Crippen molar-refractivity contribution >= 4 is 29.4 Å². The third kappa shape index (κ3) is 9.64. The van der Waals surface area contributed by atoms with Gasteiger partial charge in [0.2, 0.25) is 11.8 Å². The molecule has 1 heterocycles. The van der Waals surface area contributed by atoms with Gasteiger partial charge in [-0.05, 0) is 66.1 Å². The molecule has 1 fully saturated rings. The summed E-state index contributed by atoms with van der Waals surface area (Å²) >= 11 is 5.93. The minimum atomic E-state index is -0.780. The first kappa shape index (κ1) is 30.1. The van der Waals surface area contributed by atoms with Gasteiger partial charge in [0.05, 0.1) is 7.11 Å². The van der Waals surface area contributed by atoms with Crippen molar-refractivity contribution in [3.8, 4) is 5.75 Å². The van der Waals surface area contributed by atoms with Gasteiger partial charge < -0.3 is 19.7 Å². The normalized spacial score (nSPS) is 14.2. The predicted molar refractivity (Wildman–Crippen MR) is 159 cm³/mol. The highest BCUT2D eigenvalue weighted by Gasteiger charge is 2.27. The molecule has 8 heteroatoms. The van der Waals surface area contributed by atoms with Crippen LogP contribution in [0.1, 0.15) is 42.4 Å². The number of benzene rings is 3. The highest BCUT2D eigenvalue weighted by molar-refractivity contribution is 6.30. The second kappa shape index (κ2) is 15.2. The number of piperidine rings is 1. The van der Waals surface area contributed by atoms with Crippen LogP contribution < -0.4 is 10.1 Å². The van der Waals surface area contributed by atoms with E-state index >= 15 is 0 Å². The van der Waals surface area contributed by atoms with Gasteiger partial charge in [0.25, 0.3) is 0 Å². The van der Waals surface area contributed by atoms with Gasteiger partial charge in [-0.1, -0.05) is 66.2 Å². The van der Waals surface area contributed by atoms with Gasteiger partial charge in [-0.25, -0.2) is 4.79 Å². The summed E-state index contributed by atoms with van der Waals surface area (Å²) in [4.78, 5) is 39.9. The maximum absolute atomic E-state index is 12.9. The Morgan fingerprint density at radius 1 is 0.902 bits per heavy atom. The van der Waals surface area contributed by atoms with Gasteiger partial charge in [-0.2, -0.15) is 0 Å². The molecule has 2 amide bonds. The average Bonchev–Trinajstić information content (AvgIpc) is 3.00. The lowest BCUT2D eigenvalue weighted by atomic mass is 9.92. The van der Waals surface area contributed by atoms with Gasteiger partial charge in [0.1, 0.15) is 18.4 Å². The Labute approximate surface area is 246 Å². The molecule has 216 valence electrons. The SMILES string of the molecule is COC(=O)[C@H](Cc1ccc(OCc2ccccc2)cc1)NC(=O)CC1CCN(C(=O)CCc2ccc(Cl)cc2)CC1. The number of amides is 2. The van der Waals surface area contributed by atoms with Gasteiger partial charge in [0.15, 0.2) is 0 Å². The molecule has 0 bridgehead atoms. The van der Waals surface area contributed by atoms with Crippen molar-refractivity contribution in [2.45, 2.75) is 51.2 Å². The zero-order valence-electron chi connectivity index (χ0n) is 23.4. The summed E-state index contributed by atoms with van der Waals surface area (Å²) in [5.74, 6) is 0.352. The first-order valence-corrected chi connectivity index (χ1v) is 14.4. The molecule has 1 atom stereocenters. The molecule has 0 saturated carbocycles. The standard InChI is InChI=1S/C33H37ClN2O5/c1-40-33(39)30(21-25-9-14-29(15-10-25)41-23-27-5-3-2-4-6-27)35-31(37)22-26-17-19-36(20-18-26)32(38)16-11-24-7-12-28(34)13-8-24/h2-10,12-15,26,30H,11,16-23H2,1H3,(H,35,37)/t30-/m0/s1. The van der Waals surface area contributed by atoms with Gasteiger partial charge in [-0.3, -0.25) is 9.59 Å². The number of hydrogen-bond donors (Lipinski definition) is 1. The van der Waals surface area contributed by atoms with Crippen molar-refractivity contribution in [3.05, 3.63) is 101 Å². The van der Waals surface area contributed by atoms with Crippen molar-refractivity contribution in [1.29, 1.82) is 0 Å². The summed E-state index contributed by atoms with van der Waals surface area (Å²) in [6.45, 7) is 1.74. The average molecular weight is 577 g/mol. The van der Waals surface area contributed by atoms with Crippen molar-refractivity contribution in [2.75, 3.05) is 20.2 Å². The van der Waals surface area contributed by atoms with Crippen LogP contribution >= 0.6 is 11.6 Å². The fourth-order valence-corrected chi connectivity index (χ4v) is 5.12. The molecule has 3 aromatic rings. The van der Waals surface area contributed by atoms with Gasteiger partial charge in [0, 0.05) is 37.4 Å². The van der Waals surface area contributed by atoms with Crippen LogP contribution in [0.25, 0.3) is 0 Å². The second-order valence-electron chi connectivity index (χ2n) is 10.4. The molecule has 0 aliphatic carbocycles. The quantitative estimate of drug-likeness (QED) is 0.293. The summed E-state index contributed by atoms with van der Waals surface area (Å²) in [5, 5.41) is 3.55. The Kier molecular flexibility index (Phi) is 11.2. The molecule has 0 unspecified atom stereocenters. The number of hydrogen-bond acceptors (Lipinski definition) is 5. The van der Waals surface area contributed by atoms with E-state index in [4.69, 9.17) is 21.1 Å². The van der Waals surface area contributed by atoms with Crippen molar-refractivity contribution in [1.82, 2.24) is 10.2 Å². The molecule has 1 saturated heterocycles. The number of carbonyl (C=O) groups is 3. The molecule has 0 aromatic heterocycles. The molecular weight excluding hydrogens is 540 g/mol. The van der Waals surface area contributed by atoms with E-state index in [0.717, 1.165) is 35.3 Å². The zero-order chi connectivity index (χ0) is 29.0. The van der Waals surface area contributed by atoms with Crippen molar-refractivity contribution in [2.24, 2.45) is 5.92 Å². The smallest absolute Gasteiger partial charge is 0.328 e. The van der Waals surface area contributed by atoms with E-state index in [1.165, 1.54) is 7.11 Å². The Bertz CT molecular complexity index is 1270. The first-order chi connectivity index (χ1) is 19.9. The van der Waals surface area contributed by atoms with Crippen LogP contribution in [0, 0.1) is 5.92 Å². The Morgan fingerprint density at radius 3 is 2.22 bits per heavy atom. The summed E-state index contributed by atoms with van der Waals surface area (Å²) < 4.78 is 10.8. The number of aryl methyl sites for hydroxylation is 1. The van der Waals surface area contributed by atoms with Crippen LogP contribution in [0.4, 0.5) is 0 Å². The van der Waals surface area contributed by atoms with E-state index in [0.29, 0.717) is 50.4 Å². The summed E-state index contributed by atoms with van der Waals surface area (Å²) in [6, 6.07) is 24.2. The first-order valence-electron chi connectivity index (χ1n) is 14.0. The Balaban J connectivity index is 1.20. The molecule has 1 aliphatic rings. The number of likely N-dealkylation sites (tertiary alicyclic amines) is 1. The molecule has 7 nitrogen and oxygen atoms in total. The molecule has 1 N–H and O–H groups in total. The van der Waals surface area contributed by atoms with E-state index in [-0.39, 0.29) is 17.7 Å². The van der Waals surface area contributed by atoms with Crippen LogP contribution in [0.2, 0.25) is 5.02 Å². The molecule has 4 rings (SSSR count). The number of esters is 1. The van der Waals surface area contributed by atoms with Crippen LogP contribution in [-0.4, -0.2) is 48.9 Å². The fourth-order valence-electron chi connectivity index (χ4n) is 5.00. The number of rotatable bonds is 12. The summed E-state index contributed by atoms with van der Waals surface area (Å²) in [6.07, 6.45) is 3.27. The second-order valence-corrected chi connectivity index (χ2v) is 10.9. The van der Waals surface area contributed by atoms with Gasteiger partial charge in [-0.15, -0.1) is 0 Å². The monoisotopic (exact) mass is 576 g/mol. The van der Waals surface area contributed by atoms with E-state index in [9.17, 15) is 14.4 Å². The highest BCUT2D eigenvalue weighted by Crippen LogP contribution is 2.22. The molecule has 3 aromatic carbocycles. The largest absolute Gasteiger partial charge is 0.489 e. The van der Waals surface area contributed by atoms with Crippen molar-refractivity contribution < 1.29 is 23.9 Å². The van der Waals surface area contributed by atoms with Crippen LogP contribution in [0.5, 0.6) is 5.75 Å².